The predicted molar refractivity (Wildman–Crippen MR) is 109 cm³/mol. The maximum absolute atomic E-state index is 12.5. The highest BCUT2D eigenvalue weighted by molar-refractivity contribution is 7.14. The third-order valence-corrected chi connectivity index (χ3v) is 6.74. The van der Waals surface area contributed by atoms with Crippen molar-refractivity contribution in [2.24, 2.45) is 5.92 Å². The molecule has 1 aliphatic heterocycles. The van der Waals surface area contributed by atoms with Crippen LogP contribution < -0.4 is 14.8 Å². The van der Waals surface area contributed by atoms with Crippen molar-refractivity contribution in [1.29, 1.82) is 0 Å². The van der Waals surface area contributed by atoms with Crippen molar-refractivity contribution in [2.45, 2.75) is 52.2 Å². The molecule has 0 unspecified atom stereocenters. The normalized spacial score (nSPS) is 18.1. The molecule has 154 valence electrons. The summed E-state index contributed by atoms with van der Waals surface area (Å²) in [6.07, 6.45) is 3.53. The van der Waals surface area contributed by atoms with E-state index in [0.717, 1.165) is 24.8 Å². The van der Waals surface area contributed by atoms with Crippen LogP contribution >= 0.6 is 11.3 Å². The summed E-state index contributed by atoms with van der Waals surface area (Å²) >= 11 is 1.50. The molecule has 1 N–H and O–H groups in total. The molecule has 1 aromatic carbocycles. The van der Waals surface area contributed by atoms with E-state index in [9.17, 15) is 9.59 Å². The molecule has 2 aromatic rings. The minimum atomic E-state index is -0.862. The Balaban J connectivity index is 1.30. The van der Waals surface area contributed by atoms with E-state index in [0.29, 0.717) is 28.8 Å². The molecular formula is C22H25NO5S. The van der Waals surface area contributed by atoms with Gasteiger partial charge in [0.25, 0.3) is 5.91 Å². The largest absolute Gasteiger partial charge is 0.454 e. The molecule has 0 saturated heterocycles. The maximum Gasteiger partial charge on any atom is 0.349 e. The van der Waals surface area contributed by atoms with Crippen LogP contribution in [0.2, 0.25) is 0 Å². The van der Waals surface area contributed by atoms with Crippen LogP contribution in [-0.2, 0) is 28.9 Å². The van der Waals surface area contributed by atoms with Crippen molar-refractivity contribution in [3.63, 3.8) is 0 Å². The average Bonchev–Trinajstić information content (AvgIpc) is 3.37. The molecule has 0 spiro atoms. The molecule has 0 fully saturated rings. The first-order chi connectivity index (χ1) is 14.0. The number of aryl methyl sites for hydroxylation is 1. The molecule has 2 aliphatic rings. The Bertz CT molecular complexity index is 922. The van der Waals surface area contributed by atoms with Crippen LogP contribution in [0.4, 0.5) is 0 Å². The second-order valence-corrected chi connectivity index (χ2v) is 8.67. The second-order valence-electron chi connectivity index (χ2n) is 7.53. The van der Waals surface area contributed by atoms with Gasteiger partial charge in [-0.2, -0.15) is 0 Å². The fraction of sp³-hybridized carbons (Fsp3) is 0.455. The van der Waals surface area contributed by atoms with Gasteiger partial charge in [-0.15, -0.1) is 11.3 Å². The minimum absolute atomic E-state index is 0.212. The highest BCUT2D eigenvalue weighted by atomic mass is 32.1. The van der Waals surface area contributed by atoms with Crippen molar-refractivity contribution >= 4 is 23.2 Å². The first-order valence-electron chi connectivity index (χ1n) is 10.0. The Morgan fingerprint density at radius 3 is 2.93 bits per heavy atom. The number of fused-ring (bicyclic) bond motifs is 2. The molecule has 29 heavy (non-hydrogen) atoms. The van der Waals surface area contributed by atoms with Gasteiger partial charge in [-0.1, -0.05) is 19.4 Å². The third kappa shape index (κ3) is 4.40. The van der Waals surface area contributed by atoms with Gasteiger partial charge >= 0.3 is 5.97 Å². The number of hydrogen-bond donors (Lipinski definition) is 1. The number of amides is 1. The fourth-order valence-electron chi connectivity index (χ4n) is 3.70. The van der Waals surface area contributed by atoms with Gasteiger partial charge in [0.2, 0.25) is 6.79 Å². The molecule has 6 nitrogen and oxygen atoms in total. The first-order valence-corrected chi connectivity index (χ1v) is 10.8. The zero-order valence-corrected chi connectivity index (χ0v) is 17.5. The van der Waals surface area contributed by atoms with E-state index in [-0.39, 0.29) is 12.7 Å². The SMILES string of the molecule is CC[C@H]1CCc2sc(C(=O)O[C@H](C)C(=O)NCc3ccc4c(c3)OCO4)cc2C1. The van der Waals surface area contributed by atoms with Gasteiger partial charge in [-0.3, -0.25) is 4.79 Å². The van der Waals surface area contributed by atoms with Gasteiger partial charge in [0.1, 0.15) is 4.88 Å². The predicted octanol–water partition coefficient (Wildman–Crippen LogP) is 3.85. The van der Waals surface area contributed by atoms with Crippen LogP contribution in [0.25, 0.3) is 0 Å². The molecule has 7 heteroatoms. The van der Waals surface area contributed by atoms with Gasteiger partial charge in [0.05, 0.1) is 0 Å². The summed E-state index contributed by atoms with van der Waals surface area (Å²) in [5.74, 6) is 1.31. The molecule has 1 amide bonds. The van der Waals surface area contributed by atoms with Gasteiger partial charge < -0.3 is 19.5 Å². The Labute approximate surface area is 174 Å². The smallest absolute Gasteiger partial charge is 0.349 e. The lowest BCUT2D eigenvalue weighted by molar-refractivity contribution is -0.129. The molecule has 0 radical (unpaired) electrons. The number of rotatable bonds is 6. The van der Waals surface area contributed by atoms with E-state index in [2.05, 4.69) is 12.2 Å². The molecule has 2 heterocycles. The number of benzene rings is 1. The summed E-state index contributed by atoms with van der Waals surface area (Å²) in [5, 5.41) is 2.80. The zero-order chi connectivity index (χ0) is 20.4. The summed E-state index contributed by atoms with van der Waals surface area (Å²) in [6.45, 7) is 4.33. The summed E-state index contributed by atoms with van der Waals surface area (Å²) < 4.78 is 16.0. The first kappa shape index (κ1) is 19.8. The number of thiophene rings is 1. The molecule has 4 rings (SSSR count). The van der Waals surface area contributed by atoms with Crippen molar-refractivity contribution in [2.75, 3.05) is 6.79 Å². The number of carbonyl (C=O) groups excluding carboxylic acids is 2. The van der Waals surface area contributed by atoms with Crippen LogP contribution in [0, 0.1) is 5.92 Å². The van der Waals surface area contributed by atoms with Crippen LogP contribution in [0.15, 0.2) is 24.3 Å². The van der Waals surface area contributed by atoms with E-state index in [4.69, 9.17) is 14.2 Å². The Morgan fingerprint density at radius 1 is 1.28 bits per heavy atom. The Morgan fingerprint density at radius 2 is 2.10 bits per heavy atom. The lowest BCUT2D eigenvalue weighted by Gasteiger charge is -2.19. The zero-order valence-electron chi connectivity index (χ0n) is 16.7. The van der Waals surface area contributed by atoms with Crippen molar-refractivity contribution < 1.29 is 23.8 Å². The van der Waals surface area contributed by atoms with E-state index < -0.39 is 12.1 Å². The lowest BCUT2D eigenvalue weighted by atomic mass is 9.87. The standard InChI is InChI=1S/C22H25NO5S/c1-3-14-5-7-19-16(8-14)10-20(29-19)22(25)28-13(2)21(24)23-11-15-4-6-17-18(9-15)27-12-26-17/h4,6,9-10,13-14H,3,5,7-8,11-12H2,1-2H3,(H,23,24)/t13-,14+/m1/s1. The van der Waals surface area contributed by atoms with Crippen molar-refractivity contribution in [1.82, 2.24) is 5.32 Å². The average molecular weight is 416 g/mol. The Hall–Kier alpha value is -2.54. The highest BCUT2D eigenvalue weighted by Crippen LogP contribution is 2.34. The molecule has 0 bridgehead atoms. The minimum Gasteiger partial charge on any atom is -0.454 e. The highest BCUT2D eigenvalue weighted by Gasteiger charge is 2.25. The number of ether oxygens (including phenoxy) is 3. The number of hydrogen-bond acceptors (Lipinski definition) is 6. The molecular weight excluding hydrogens is 390 g/mol. The van der Waals surface area contributed by atoms with Crippen LogP contribution in [0.1, 0.15) is 52.4 Å². The van der Waals surface area contributed by atoms with E-state index in [1.54, 1.807) is 6.92 Å². The quantitative estimate of drug-likeness (QED) is 0.726. The van der Waals surface area contributed by atoms with E-state index >= 15 is 0 Å². The van der Waals surface area contributed by atoms with E-state index in [1.807, 2.05) is 24.3 Å². The summed E-state index contributed by atoms with van der Waals surface area (Å²) in [4.78, 5) is 26.7. The fourth-order valence-corrected chi connectivity index (χ4v) is 4.80. The van der Waals surface area contributed by atoms with Crippen LogP contribution in [0.3, 0.4) is 0 Å². The monoisotopic (exact) mass is 415 g/mol. The maximum atomic E-state index is 12.5. The third-order valence-electron chi connectivity index (χ3n) is 5.52. The van der Waals surface area contributed by atoms with Crippen molar-refractivity contribution in [3.8, 4) is 11.5 Å². The lowest BCUT2D eigenvalue weighted by Crippen LogP contribution is -2.35. The second kappa shape index (κ2) is 8.45. The van der Waals surface area contributed by atoms with Crippen LogP contribution in [-0.4, -0.2) is 24.8 Å². The summed E-state index contributed by atoms with van der Waals surface area (Å²) in [5.41, 5.74) is 2.15. The summed E-state index contributed by atoms with van der Waals surface area (Å²) in [6, 6.07) is 7.46. The van der Waals surface area contributed by atoms with Gasteiger partial charge in [0, 0.05) is 11.4 Å². The molecule has 0 saturated carbocycles. The van der Waals surface area contributed by atoms with Crippen molar-refractivity contribution in [3.05, 3.63) is 45.1 Å². The Kier molecular flexibility index (Phi) is 5.76. The van der Waals surface area contributed by atoms with Gasteiger partial charge in [-0.05, 0) is 61.4 Å². The van der Waals surface area contributed by atoms with Gasteiger partial charge in [0.15, 0.2) is 17.6 Å². The van der Waals surface area contributed by atoms with E-state index in [1.165, 1.54) is 28.2 Å². The number of carbonyl (C=O) groups is 2. The topological polar surface area (TPSA) is 73.9 Å². The number of nitrogens with one attached hydrogen (secondary N) is 1. The van der Waals surface area contributed by atoms with Gasteiger partial charge in [-0.25, -0.2) is 4.79 Å². The molecule has 2 atom stereocenters. The molecule has 1 aliphatic carbocycles. The summed E-state index contributed by atoms with van der Waals surface area (Å²) in [7, 11) is 0. The molecule has 1 aromatic heterocycles. The van der Waals surface area contributed by atoms with Crippen LogP contribution in [0.5, 0.6) is 11.5 Å². The number of esters is 1.